The molecule has 0 saturated carbocycles. The minimum Gasteiger partial charge on any atom is -0.372 e. The van der Waals surface area contributed by atoms with E-state index in [4.69, 9.17) is 0 Å². The summed E-state index contributed by atoms with van der Waals surface area (Å²) < 4.78 is 0. The largest absolute Gasteiger partial charge is 0.372 e. The number of amides is 2. The molecule has 1 aliphatic heterocycles. The molecule has 1 fully saturated rings. The topological polar surface area (TPSA) is 61.4 Å². The van der Waals surface area contributed by atoms with Crippen LogP contribution in [0.4, 0.5) is 17.1 Å². The number of para-hydroxylation sites is 1. The van der Waals surface area contributed by atoms with Gasteiger partial charge in [-0.05, 0) is 62.1 Å². The molecule has 0 unspecified atom stereocenters. The van der Waals surface area contributed by atoms with Gasteiger partial charge < -0.3 is 15.5 Å². The summed E-state index contributed by atoms with van der Waals surface area (Å²) in [6.45, 7) is 5.95. The van der Waals surface area contributed by atoms with Gasteiger partial charge in [0.15, 0.2) is 0 Å². The lowest BCUT2D eigenvalue weighted by Gasteiger charge is -2.17. The Morgan fingerprint density at radius 2 is 1.40 bits per heavy atom. The minimum absolute atomic E-state index is 0.615. The summed E-state index contributed by atoms with van der Waals surface area (Å²) in [6.07, 6.45) is 2.44. The zero-order valence-corrected chi connectivity index (χ0v) is 14.6. The van der Waals surface area contributed by atoms with Crippen molar-refractivity contribution in [3.8, 4) is 0 Å². The summed E-state index contributed by atoms with van der Waals surface area (Å²) in [7, 11) is 0. The molecule has 0 aliphatic carbocycles. The van der Waals surface area contributed by atoms with Crippen molar-refractivity contribution in [2.75, 3.05) is 28.6 Å². The summed E-state index contributed by atoms with van der Waals surface area (Å²) in [6, 6.07) is 13.3. The van der Waals surface area contributed by atoms with Crippen molar-refractivity contribution in [1.82, 2.24) is 0 Å². The number of rotatable bonds is 3. The average molecular weight is 337 g/mol. The number of benzene rings is 2. The van der Waals surface area contributed by atoms with Gasteiger partial charge in [-0.25, -0.2) is 0 Å². The number of carbonyl (C=O) groups excluding carboxylic acids is 2. The molecule has 1 saturated heterocycles. The van der Waals surface area contributed by atoms with Crippen molar-refractivity contribution in [2.24, 2.45) is 0 Å². The molecule has 5 heteroatoms. The molecule has 2 aromatic rings. The summed E-state index contributed by atoms with van der Waals surface area (Å²) in [5.41, 5.74) is 4.30. The van der Waals surface area contributed by atoms with Gasteiger partial charge in [0.05, 0.1) is 0 Å². The van der Waals surface area contributed by atoms with Crippen molar-refractivity contribution in [1.29, 1.82) is 0 Å². The predicted octanol–water partition coefficient (Wildman–Crippen LogP) is 3.48. The number of nitrogens with one attached hydrogen (secondary N) is 2. The third-order valence-electron chi connectivity index (χ3n) is 4.52. The Morgan fingerprint density at radius 3 is 2.00 bits per heavy atom. The highest BCUT2D eigenvalue weighted by Gasteiger charge is 2.17. The Hall–Kier alpha value is -2.82. The summed E-state index contributed by atoms with van der Waals surface area (Å²) in [5.74, 6) is -1.34. The highest BCUT2D eigenvalue weighted by Crippen LogP contribution is 2.22. The Morgan fingerprint density at radius 1 is 0.840 bits per heavy atom. The van der Waals surface area contributed by atoms with E-state index < -0.39 is 11.8 Å². The second kappa shape index (κ2) is 7.38. The van der Waals surface area contributed by atoms with Crippen molar-refractivity contribution in [3.05, 3.63) is 53.6 Å². The molecular formula is C20H23N3O2. The van der Waals surface area contributed by atoms with Gasteiger partial charge in [-0.1, -0.05) is 18.2 Å². The van der Waals surface area contributed by atoms with Crippen LogP contribution in [0.3, 0.4) is 0 Å². The number of anilines is 3. The Kier molecular flexibility index (Phi) is 5.03. The lowest BCUT2D eigenvalue weighted by molar-refractivity contribution is -0.133. The van der Waals surface area contributed by atoms with Crippen LogP contribution in [-0.4, -0.2) is 24.9 Å². The maximum absolute atomic E-state index is 12.2. The van der Waals surface area contributed by atoms with Crippen LogP contribution < -0.4 is 15.5 Å². The van der Waals surface area contributed by atoms with E-state index in [0.717, 1.165) is 29.9 Å². The summed E-state index contributed by atoms with van der Waals surface area (Å²) in [5, 5.41) is 5.34. The normalized spacial score (nSPS) is 13.6. The molecule has 0 spiro atoms. The highest BCUT2D eigenvalue weighted by atomic mass is 16.2. The number of nitrogens with zero attached hydrogens (tertiary/aromatic N) is 1. The van der Waals surface area contributed by atoms with Crippen LogP contribution in [0.25, 0.3) is 0 Å². The Balaban J connectivity index is 1.62. The molecule has 2 N–H and O–H groups in total. The van der Waals surface area contributed by atoms with Gasteiger partial charge in [0.25, 0.3) is 0 Å². The van der Waals surface area contributed by atoms with Crippen molar-refractivity contribution >= 4 is 28.9 Å². The van der Waals surface area contributed by atoms with Gasteiger partial charge in [-0.3, -0.25) is 9.59 Å². The fourth-order valence-corrected chi connectivity index (χ4v) is 3.10. The molecule has 2 amide bonds. The molecule has 3 rings (SSSR count). The average Bonchev–Trinajstić information content (AvgIpc) is 3.13. The smallest absolute Gasteiger partial charge is 0.314 e. The first kappa shape index (κ1) is 17.0. The molecular weight excluding hydrogens is 314 g/mol. The van der Waals surface area contributed by atoms with Gasteiger partial charge >= 0.3 is 11.8 Å². The first-order valence-corrected chi connectivity index (χ1v) is 8.58. The molecule has 5 nitrogen and oxygen atoms in total. The van der Waals surface area contributed by atoms with E-state index in [9.17, 15) is 9.59 Å². The van der Waals surface area contributed by atoms with Crippen LogP contribution in [0.1, 0.15) is 24.0 Å². The van der Waals surface area contributed by atoms with Crippen LogP contribution in [0.5, 0.6) is 0 Å². The third kappa shape index (κ3) is 3.99. The van der Waals surface area contributed by atoms with Gasteiger partial charge in [0, 0.05) is 30.2 Å². The first-order valence-electron chi connectivity index (χ1n) is 8.58. The zero-order valence-electron chi connectivity index (χ0n) is 14.6. The van der Waals surface area contributed by atoms with Crippen molar-refractivity contribution < 1.29 is 9.59 Å². The van der Waals surface area contributed by atoms with Gasteiger partial charge in [-0.15, -0.1) is 0 Å². The van der Waals surface area contributed by atoms with Crippen LogP contribution in [-0.2, 0) is 9.59 Å². The van der Waals surface area contributed by atoms with E-state index >= 15 is 0 Å². The molecule has 130 valence electrons. The van der Waals surface area contributed by atoms with Crippen LogP contribution in [0.15, 0.2) is 42.5 Å². The van der Waals surface area contributed by atoms with E-state index in [-0.39, 0.29) is 0 Å². The van der Waals surface area contributed by atoms with E-state index in [0.29, 0.717) is 11.4 Å². The van der Waals surface area contributed by atoms with Crippen LogP contribution >= 0.6 is 0 Å². The van der Waals surface area contributed by atoms with Gasteiger partial charge in [0.1, 0.15) is 0 Å². The lowest BCUT2D eigenvalue weighted by Crippen LogP contribution is -2.29. The monoisotopic (exact) mass is 337 g/mol. The van der Waals surface area contributed by atoms with E-state index in [1.807, 2.05) is 56.3 Å². The number of carbonyl (C=O) groups is 2. The molecule has 0 radical (unpaired) electrons. The third-order valence-corrected chi connectivity index (χ3v) is 4.52. The SMILES string of the molecule is Cc1cccc(C)c1NC(=O)C(=O)Nc1ccc(N2CCCC2)cc1. The number of hydrogen-bond donors (Lipinski definition) is 2. The molecule has 1 aliphatic rings. The standard InChI is InChI=1S/C20H23N3O2/c1-14-6-5-7-15(2)18(14)22-20(25)19(24)21-16-8-10-17(11-9-16)23-12-3-4-13-23/h5-11H,3-4,12-13H2,1-2H3,(H,21,24)(H,22,25). The summed E-state index contributed by atoms with van der Waals surface area (Å²) in [4.78, 5) is 26.6. The maximum atomic E-state index is 12.2. The zero-order chi connectivity index (χ0) is 17.8. The Labute approximate surface area is 148 Å². The molecule has 1 heterocycles. The molecule has 2 aromatic carbocycles. The first-order chi connectivity index (χ1) is 12.0. The lowest BCUT2D eigenvalue weighted by atomic mass is 10.1. The number of hydrogen-bond acceptors (Lipinski definition) is 3. The molecule has 0 atom stereocenters. The van der Waals surface area contributed by atoms with E-state index in [1.165, 1.54) is 12.8 Å². The van der Waals surface area contributed by atoms with Crippen molar-refractivity contribution in [3.63, 3.8) is 0 Å². The predicted molar refractivity (Wildman–Crippen MR) is 101 cm³/mol. The quantitative estimate of drug-likeness (QED) is 0.843. The van der Waals surface area contributed by atoms with E-state index in [2.05, 4.69) is 15.5 Å². The summed E-state index contributed by atoms with van der Waals surface area (Å²) >= 11 is 0. The van der Waals surface area contributed by atoms with Crippen molar-refractivity contribution in [2.45, 2.75) is 26.7 Å². The second-order valence-electron chi connectivity index (χ2n) is 6.42. The fourth-order valence-electron chi connectivity index (χ4n) is 3.10. The van der Waals surface area contributed by atoms with Crippen LogP contribution in [0.2, 0.25) is 0 Å². The second-order valence-corrected chi connectivity index (χ2v) is 6.42. The molecule has 0 aromatic heterocycles. The highest BCUT2D eigenvalue weighted by molar-refractivity contribution is 6.43. The number of aryl methyl sites for hydroxylation is 2. The van der Waals surface area contributed by atoms with Gasteiger partial charge in [-0.2, -0.15) is 0 Å². The Bertz CT molecular complexity index is 758. The fraction of sp³-hybridized carbons (Fsp3) is 0.300. The van der Waals surface area contributed by atoms with Crippen LogP contribution in [0, 0.1) is 13.8 Å². The molecule has 25 heavy (non-hydrogen) atoms. The van der Waals surface area contributed by atoms with E-state index in [1.54, 1.807) is 0 Å². The van der Waals surface area contributed by atoms with Gasteiger partial charge in [0.2, 0.25) is 0 Å². The molecule has 0 bridgehead atoms. The maximum Gasteiger partial charge on any atom is 0.314 e. The minimum atomic E-state index is -0.670.